The van der Waals surface area contributed by atoms with Crippen molar-refractivity contribution in [1.29, 1.82) is 0 Å². The minimum atomic E-state index is 0.278. The third-order valence-electron chi connectivity index (χ3n) is 4.50. The maximum Gasteiger partial charge on any atom is 0.00965 e. The van der Waals surface area contributed by atoms with Crippen molar-refractivity contribution >= 4 is 0 Å². The van der Waals surface area contributed by atoms with Crippen LogP contribution in [0.2, 0.25) is 0 Å². The van der Waals surface area contributed by atoms with Crippen molar-refractivity contribution in [3.8, 4) is 0 Å². The van der Waals surface area contributed by atoms with E-state index in [4.69, 9.17) is 0 Å². The molecule has 20 heavy (non-hydrogen) atoms. The zero-order valence-electron chi connectivity index (χ0n) is 14.5. The lowest BCUT2D eigenvalue weighted by atomic mass is 10.1. The molecule has 1 aliphatic rings. The maximum absolute atomic E-state index is 3.58. The number of rotatable bonds is 8. The number of likely N-dealkylation sites (tertiary alicyclic amines) is 1. The number of unbranched alkanes of at least 4 members (excludes halogenated alkanes) is 3. The summed E-state index contributed by atoms with van der Waals surface area (Å²) in [5, 5.41) is 3.58. The van der Waals surface area contributed by atoms with Gasteiger partial charge >= 0.3 is 0 Å². The fraction of sp³-hybridized carbons (Fsp3) is 1.00. The van der Waals surface area contributed by atoms with Crippen molar-refractivity contribution in [3.05, 3.63) is 0 Å². The summed E-state index contributed by atoms with van der Waals surface area (Å²) >= 11 is 0. The Bertz CT molecular complexity index is 232. The predicted octanol–water partition coefficient (Wildman–Crippen LogP) is 4.59. The van der Waals surface area contributed by atoms with Gasteiger partial charge in [-0.1, -0.05) is 32.6 Å². The summed E-state index contributed by atoms with van der Waals surface area (Å²) in [4.78, 5) is 2.78. The molecular weight excluding hydrogens is 244 g/mol. The molecule has 1 rings (SSSR count). The molecule has 2 heteroatoms. The first-order chi connectivity index (χ1) is 9.53. The lowest BCUT2D eigenvalue weighted by molar-refractivity contribution is 0.190. The van der Waals surface area contributed by atoms with E-state index in [0.717, 1.165) is 6.04 Å². The first-order valence-electron chi connectivity index (χ1n) is 9.02. The Labute approximate surface area is 127 Å². The van der Waals surface area contributed by atoms with Crippen LogP contribution in [0.3, 0.4) is 0 Å². The monoisotopic (exact) mass is 282 g/mol. The summed E-state index contributed by atoms with van der Waals surface area (Å²) in [5.74, 6) is 0. The minimum absolute atomic E-state index is 0.278. The van der Waals surface area contributed by atoms with Gasteiger partial charge in [0.05, 0.1) is 0 Å². The summed E-state index contributed by atoms with van der Waals surface area (Å²) in [5.41, 5.74) is 0.278. The maximum atomic E-state index is 3.58. The summed E-state index contributed by atoms with van der Waals surface area (Å²) in [6, 6.07) is 0.875. The molecule has 0 amide bonds. The van der Waals surface area contributed by atoms with Crippen LogP contribution in [0.25, 0.3) is 0 Å². The fourth-order valence-corrected chi connectivity index (χ4v) is 3.25. The molecule has 0 aromatic rings. The highest BCUT2D eigenvalue weighted by molar-refractivity contribution is 4.74. The molecule has 1 unspecified atom stereocenters. The van der Waals surface area contributed by atoms with Crippen molar-refractivity contribution in [2.24, 2.45) is 0 Å². The van der Waals surface area contributed by atoms with Crippen LogP contribution in [-0.2, 0) is 0 Å². The fourth-order valence-electron chi connectivity index (χ4n) is 3.25. The molecule has 0 bridgehead atoms. The second-order valence-electron chi connectivity index (χ2n) is 7.54. The van der Waals surface area contributed by atoms with Crippen LogP contribution in [0.4, 0.5) is 0 Å². The van der Waals surface area contributed by atoms with Gasteiger partial charge in [0.25, 0.3) is 0 Å². The van der Waals surface area contributed by atoms with E-state index in [0.29, 0.717) is 0 Å². The SMILES string of the molecule is CCC1CCCCCN1CCCCCCNC(C)(C)C. The van der Waals surface area contributed by atoms with E-state index in [1.165, 1.54) is 77.4 Å². The molecule has 0 radical (unpaired) electrons. The standard InChI is InChI=1S/C18H38N2/c1-5-17-13-9-8-12-16-20(17)15-11-7-6-10-14-19-18(2,3)4/h17,19H,5-16H2,1-4H3. The van der Waals surface area contributed by atoms with Gasteiger partial charge in [0.2, 0.25) is 0 Å². The Morgan fingerprint density at radius 3 is 2.45 bits per heavy atom. The van der Waals surface area contributed by atoms with E-state index >= 15 is 0 Å². The lowest BCUT2D eigenvalue weighted by Gasteiger charge is -2.29. The van der Waals surface area contributed by atoms with Gasteiger partial charge in [0.15, 0.2) is 0 Å². The zero-order chi connectivity index (χ0) is 14.8. The average Bonchev–Trinajstić information content (AvgIpc) is 2.61. The van der Waals surface area contributed by atoms with Gasteiger partial charge < -0.3 is 10.2 Å². The van der Waals surface area contributed by atoms with Gasteiger partial charge in [-0.15, -0.1) is 0 Å². The molecule has 1 atom stereocenters. The highest BCUT2D eigenvalue weighted by atomic mass is 15.1. The molecule has 0 aromatic carbocycles. The second kappa shape index (κ2) is 9.78. The van der Waals surface area contributed by atoms with E-state index < -0.39 is 0 Å². The molecule has 120 valence electrons. The lowest BCUT2D eigenvalue weighted by Crippen LogP contribution is -2.36. The Hall–Kier alpha value is -0.0800. The molecule has 1 aliphatic heterocycles. The summed E-state index contributed by atoms with van der Waals surface area (Å²) in [6.45, 7) is 13.0. The third-order valence-corrected chi connectivity index (χ3v) is 4.50. The van der Waals surface area contributed by atoms with E-state index in [9.17, 15) is 0 Å². The summed E-state index contributed by atoms with van der Waals surface area (Å²) < 4.78 is 0. The van der Waals surface area contributed by atoms with E-state index in [1.807, 2.05) is 0 Å². The second-order valence-corrected chi connectivity index (χ2v) is 7.54. The van der Waals surface area contributed by atoms with Gasteiger partial charge in [-0.3, -0.25) is 0 Å². The topological polar surface area (TPSA) is 15.3 Å². The third kappa shape index (κ3) is 8.26. The van der Waals surface area contributed by atoms with Crippen LogP contribution >= 0.6 is 0 Å². The first kappa shape index (κ1) is 18.0. The molecule has 1 saturated heterocycles. The van der Waals surface area contributed by atoms with Gasteiger partial charge in [0, 0.05) is 11.6 Å². The molecule has 2 nitrogen and oxygen atoms in total. The van der Waals surface area contributed by atoms with Crippen LogP contribution in [0.5, 0.6) is 0 Å². The van der Waals surface area contributed by atoms with E-state index in [2.05, 4.69) is 37.9 Å². The molecule has 0 aliphatic carbocycles. The number of nitrogens with one attached hydrogen (secondary N) is 1. The molecular formula is C18H38N2. The number of nitrogens with zero attached hydrogens (tertiary/aromatic N) is 1. The molecule has 0 spiro atoms. The van der Waals surface area contributed by atoms with Gasteiger partial charge in [0.1, 0.15) is 0 Å². The molecule has 1 fully saturated rings. The van der Waals surface area contributed by atoms with Gasteiger partial charge in [-0.2, -0.15) is 0 Å². The van der Waals surface area contributed by atoms with Crippen LogP contribution in [0.1, 0.15) is 85.5 Å². The first-order valence-corrected chi connectivity index (χ1v) is 9.02. The van der Waals surface area contributed by atoms with Gasteiger partial charge in [-0.05, 0) is 72.5 Å². The highest BCUT2D eigenvalue weighted by Crippen LogP contribution is 2.19. The number of hydrogen-bond acceptors (Lipinski definition) is 2. The minimum Gasteiger partial charge on any atom is -0.312 e. The molecule has 0 saturated carbocycles. The largest absolute Gasteiger partial charge is 0.312 e. The molecule has 1 heterocycles. The zero-order valence-corrected chi connectivity index (χ0v) is 14.5. The summed E-state index contributed by atoms with van der Waals surface area (Å²) in [6.07, 6.45) is 12.6. The quantitative estimate of drug-likeness (QED) is 0.655. The van der Waals surface area contributed by atoms with Crippen molar-refractivity contribution < 1.29 is 0 Å². The van der Waals surface area contributed by atoms with Gasteiger partial charge in [-0.25, -0.2) is 0 Å². The van der Waals surface area contributed by atoms with E-state index in [-0.39, 0.29) is 5.54 Å². The highest BCUT2D eigenvalue weighted by Gasteiger charge is 2.18. The smallest absolute Gasteiger partial charge is 0.00965 e. The van der Waals surface area contributed by atoms with Crippen molar-refractivity contribution in [2.75, 3.05) is 19.6 Å². The Balaban J connectivity index is 2.04. The normalized spacial score (nSPS) is 21.9. The number of hydrogen-bond donors (Lipinski definition) is 1. The van der Waals surface area contributed by atoms with Crippen LogP contribution in [-0.4, -0.2) is 36.1 Å². The van der Waals surface area contributed by atoms with Crippen LogP contribution < -0.4 is 5.32 Å². The Morgan fingerprint density at radius 2 is 1.75 bits per heavy atom. The van der Waals surface area contributed by atoms with Crippen LogP contribution in [0.15, 0.2) is 0 Å². The predicted molar refractivity (Wildman–Crippen MR) is 90.3 cm³/mol. The van der Waals surface area contributed by atoms with Crippen LogP contribution in [0, 0.1) is 0 Å². The summed E-state index contributed by atoms with van der Waals surface area (Å²) in [7, 11) is 0. The Morgan fingerprint density at radius 1 is 1.00 bits per heavy atom. The van der Waals surface area contributed by atoms with Crippen molar-refractivity contribution in [2.45, 2.75) is 97.1 Å². The van der Waals surface area contributed by atoms with Crippen molar-refractivity contribution in [1.82, 2.24) is 10.2 Å². The Kier molecular flexibility index (Phi) is 8.79. The average molecular weight is 283 g/mol. The molecule has 1 N–H and O–H groups in total. The molecule has 0 aromatic heterocycles. The van der Waals surface area contributed by atoms with E-state index in [1.54, 1.807) is 0 Å². The van der Waals surface area contributed by atoms with Crippen molar-refractivity contribution in [3.63, 3.8) is 0 Å².